The second-order valence-electron chi connectivity index (χ2n) is 5.23. The molecule has 2 atom stereocenters. The average molecular weight is 354 g/mol. The second kappa shape index (κ2) is 8.38. The van der Waals surface area contributed by atoms with Crippen LogP contribution in [0.3, 0.4) is 0 Å². The molecule has 2 amide bonds. The topological polar surface area (TPSA) is 113 Å². The zero-order chi connectivity index (χ0) is 18.4. The fraction of sp³-hybridized carbons (Fsp3) is 0.467. The van der Waals surface area contributed by atoms with Crippen LogP contribution in [0.5, 0.6) is 5.75 Å². The average Bonchev–Trinajstić information content (AvgIpc) is 2.58. The Kier molecular flexibility index (Phi) is 6.23. The van der Waals surface area contributed by atoms with Crippen molar-refractivity contribution < 1.29 is 28.2 Å². The summed E-state index contributed by atoms with van der Waals surface area (Å²) in [5.74, 6) is -1.17. The van der Waals surface area contributed by atoms with Crippen molar-refractivity contribution in [1.29, 1.82) is 5.53 Å². The van der Waals surface area contributed by atoms with Gasteiger partial charge >= 0.3 is 12.0 Å². The number of nitrogens with one attached hydrogen (secondary N) is 2. The highest BCUT2D eigenvalue weighted by molar-refractivity contribution is 5.92. The number of rotatable bonds is 5. The number of halogens is 1. The highest BCUT2D eigenvalue weighted by atomic mass is 19.1. The van der Waals surface area contributed by atoms with Crippen LogP contribution >= 0.6 is 0 Å². The van der Waals surface area contributed by atoms with Crippen LogP contribution in [0.25, 0.3) is 0 Å². The molecule has 0 bridgehead atoms. The van der Waals surface area contributed by atoms with E-state index < -0.39 is 30.2 Å². The maximum absolute atomic E-state index is 13.7. The second-order valence-corrected chi connectivity index (χ2v) is 5.23. The Morgan fingerprint density at radius 3 is 2.88 bits per heavy atom. The summed E-state index contributed by atoms with van der Waals surface area (Å²) in [7, 11) is 1.37. The number of urea groups is 1. The van der Waals surface area contributed by atoms with E-state index in [2.05, 4.69) is 10.5 Å². The van der Waals surface area contributed by atoms with E-state index >= 15 is 0 Å². The Morgan fingerprint density at radius 1 is 1.48 bits per heavy atom. The summed E-state index contributed by atoms with van der Waals surface area (Å²) in [6, 6.07) is 2.70. The van der Waals surface area contributed by atoms with Gasteiger partial charge in [0.05, 0.1) is 6.61 Å². The quantitative estimate of drug-likeness (QED) is 0.479. The highest BCUT2D eigenvalue weighted by Gasteiger charge is 2.32. The Hall–Kier alpha value is -2.75. The minimum atomic E-state index is -0.963. The lowest BCUT2D eigenvalue weighted by Crippen LogP contribution is -2.41. The van der Waals surface area contributed by atoms with Crippen LogP contribution in [0.4, 0.5) is 14.9 Å². The molecule has 136 valence electrons. The third-order valence-electron chi connectivity index (χ3n) is 3.44. The smallest absolute Gasteiger partial charge is 0.343 e. The predicted octanol–water partition coefficient (Wildman–Crippen LogP) is 2.36. The van der Waals surface area contributed by atoms with E-state index in [1.807, 2.05) is 0 Å². The number of benzene rings is 1. The number of nitrogens with zero attached hydrogens (tertiary/aromatic N) is 2. The lowest BCUT2D eigenvalue weighted by molar-refractivity contribution is -0.195. The van der Waals surface area contributed by atoms with Gasteiger partial charge in [-0.05, 0) is 25.0 Å². The Bertz CT molecular complexity index is 657. The molecule has 0 saturated carbocycles. The first-order chi connectivity index (χ1) is 12.0. The van der Waals surface area contributed by atoms with Gasteiger partial charge in [-0.15, -0.1) is 0 Å². The van der Waals surface area contributed by atoms with Gasteiger partial charge in [-0.25, -0.2) is 9.18 Å². The molecule has 1 aliphatic rings. The van der Waals surface area contributed by atoms with Crippen LogP contribution in [0, 0.1) is 11.3 Å². The lowest BCUT2D eigenvalue weighted by atomic mass is 10.1. The Labute approximate surface area is 143 Å². The van der Waals surface area contributed by atoms with Crippen LogP contribution in [-0.2, 0) is 14.3 Å². The highest BCUT2D eigenvalue weighted by Crippen LogP contribution is 2.32. The zero-order valence-corrected chi connectivity index (χ0v) is 13.8. The molecule has 1 heterocycles. The van der Waals surface area contributed by atoms with E-state index in [9.17, 15) is 14.0 Å². The van der Waals surface area contributed by atoms with E-state index in [0.29, 0.717) is 24.5 Å². The summed E-state index contributed by atoms with van der Waals surface area (Å²) in [4.78, 5) is 23.1. The predicted molar refractivity (Wildman–Crippen MR) is 83.6 cm³/mol. The van der Waals surface area contributed by atoms with Crippen LogP contribution in [0.15, 0.2) is 23.4 Å². The first-order valence-corrected chi connectivity index (χ1v) is 7.60. The molecule has 1 aromatic rings. The summed E-state index contributed by atoms with van der Waals surface area (Å²) in [6.07, 6.45) is -0.420. The summed E-state index contributed by atoms with van der Waals surface area (Å²) in [5, 5.41) is 6.15. The molecular formula is C15H19FN4O5. The monoisotopic (exact) mass is 354 g/mol. The number of carbonyl (C=O) groups excluding carboxylic acids is 2. The number of hydrogen-bond acceptors (Lipinski definition) is 7. The van der Waals surface area contributed by atoms with Crippen molar-refractivity contribution in [1.82, 2.24) is 5.32 Å². The van der Waals surface area contributed by atoms with E-state index in [1.165, 1.54) is 20.0 Å². The summed E-state index contributed by atoms with van der Waals surface area (Å²) < 4.78 is 29.9. The normalized spacial score (nSPS) is 19.6. The fourth-order valence-corrected chi connectivity index (χ4v) is 2.36. The Morgan fingerprint density at radius 2 is 2.24 bits per heavy atom. The zero-order valence-electron chi connectivity index (χ0n) is 13.8. The molecule has 1 saturated heterocycles. The third kappa shape index (κ3) is 4.63. The minimum Gasteiger partial charge on any atom is -0.458 e. The molecular weight excluding hydrogens is 335 g/mol. The molecule has 1 aromatic carbocycles. The van der Waals surface area contributed by atoms with Crippen molar-refractivity contribution in [3.05, 3.63) is 24.0 Å². The van der Waals surface area contributed by atoms with Gasteiger partial charge in [0.25, 0.3) is 0 Å². The van der Waals surface area contributed by atoms with Crippen molar-refractivity contribution in [2.75, 3.05) is 18.7 Å². The third-order valence-corrected chi connectivity index (χ3v) is 3.44. The SMILES string of the molecule is CNC(=O)N(N=N)c1ccc(F)cc1OC1OCCC[C@@H]1OC(C)=O. The number of hydrogen-bond donors (Lipinski definition) is 2. The van der Waals surface area contributed by atoms with Crippen LogP contribution in [-0.4, -0.2) is 38.0 Å². The van der Waals surface area contributed by atoms with E-state index in [-0.39, 0.29) is 11.4 Å². The molecule has 2 N–H and O–H groups in total. The van der Waals surface area contributed by atoms with E-state index in [0.717, 1.165) is 12.1 Å². The van der Waals surface area contributed by atoms with Gasteiger partial charge in [0.15, 0.2) is 11.9 Å². The van der Waals surface area contributed by atoms with Crippen molar-refractivity contribution in [3.8, 4) is 5.75 Å². The van der Waals surface area contributed by atoms with E-state index in [4.69, 9.17) is 19.7 Å². The number of ether oxygens (including phenoxy) is 3. The molecule has 1 aliphatic heterocycles. The molecule has 0 radical (unpaired) electrons. The van der Waals surface area contributed by atoms with Crippen molar-refractivity contribution in [2.24, 2.45) is 5.22 Å². The summed E-state index contributed by atoms with van der Waals surface area (Å²) in [6.45, 7) is 1.65. The van der Waals surface area contributed by atoms with Crippen molar-refractivity contribution >= 4 is 17.7 Å². The van der Waals surface area contributed by atoms with Crippen molar-refractivity contribution in [3.63, 3.8) is 0 Å². The Balaban J connectivity index is 2.30. The molecule has 9 nitrogen and oxygen atoms in total. The summed E-state index contributed by atoms with van der Waals surface area (Å²) >= 11 is 0. The first kappa shape index (κ1) is 18.6. The maximum Gasteiger partial charge on any atom is 0.343 e. The van der Waals surface area contributed by atoms with Crippen LogP contribution < -0.4 is 15.1 Å². The van der Waals surface area contributed by atoms with E-state index in [1.54, 1.807) is 0 Å². The number of anilines is 1. The molecule has 2 rings (SSSR count). The molecule has 25 heavy (non-hydrogen) atoms. The molecule has 1 unspecified atom stereocenters. The van der Waals surface area contributed by atoms with Crippen LogP contribution in [0.1, 0.15) is 19.8 Å². The first-order valence-electron chi connectivity index (χ1n) is 7.60. The number of amides is 2. The standard InChI is InChI=1S/C15H19FN4O5/c1-9(21)24-12-4-3-7-23-14(12)25-13-8-10(16)5-6-11(13)20(19-17)15(22)18-2/h5-6,8,12,14,17H,3-4,7H2,1-2H3,(H,18,22)/t12-,14?/m0/s1. The van der Waals surface area contributed by atoms with Gasteiger partial charge in [0, 0.05) is 20.0 Å². The molecule has 10 heteroatoms. The maximum atomic E-state index is 13.7. The molecule has 0 aromatic heterocycles. The molecule has 1 fully saturated rings. The van der Waals surface area contributed by atoms with Crippen molar-refractivity contribution in [2.45, 2.75) is 32.2 Å². The largest absolute Gasteiger partial charge is 0.458 e. The van der Waals surface area contributed by atoms with Crippen LogP contribution in [0.2, 0.25) is 0 Å². The van der Waals surface area contributed by atoms with Gasteiger partial charge in [-0.3, -0.25) is 4.79 Å². The lowest BCUT2D eigenvalue weighted by Gasteiger charge is -2.32. The van der Waals surface area contributed by atoms with Gasteiger partial charge in [0.1, 0.15) is 11.5 Å². The van der Waals surface area contributed by atoms with Gasteiger partial charge < -0.3 is 19.5 Å². The molecule has 0 spiro atoms. The fourth-order valence-electron chi connectivity index (χ4n) is 2.36. The van der Waals surface area contributed by atoms with Gasteiger partial charge in [-0.2, -0.15) is 10.5 Å². The number of carbonyl (C=O) groups is 2. The van der Waals surface area contributed by atoms with Gasteiger partial charge in [0.2, 0.25) is 6.29 Å². The number of esters is 1. The minimum absolute atomic E-state index is 0.0477. The molecule has 0 aliphatic carbocycles. The van der Waals surface area contributed by atoms with Gasteiger partial charge in [-0.1, -0.05) is 5.22 Å². The summed E-state index contributed by atoms with van der Waals surface area (Å²) in [5.41, 5.74) is 7.22.